The van der Waals surface area contributed by atoms with E-state index in [0.717, 1.165) is 0 Å². The van der Waals surface area contributed by atoms with Gasteiger partial charge in [-0.3, -0.25) is 4.79 Å². The lowest BCUT2D eigenvalue weighted by Gasteiger charge is -2.34. The molecule has 1 amide bonds. The van der Waals surface area contributed by atoms with Gasteiger partial charge in [0.2, 0.25) is 0 Å². The molecule has 1 aromatic carbocycles. The second kappa shape index (κ2) is 5.33. The van der Waals surface area contributed by atoms with E-state index in [1.807, 2.05) is 0 Å². The monoisotopic (exact) mass is 295 g/mol. The quantitative estimate of drug-likeness (QED) is 0.857. The van der Waals surface area contributed by atoms with E-state index in [2.05, 4.69) is 0 Å². The molecular weight excluding hydrogens is 281 g/mol. The van der Waals surface area contributed by atoms with Gasteiger partial charge in [-0.2, -0.15) is 0 Å². The van der Waals surface area contributed by atoms with E-state index in [1.54, 1.807) is 0 Å². The first-order valence-electron chi connectivity index (χ1n) is 6.62. The maximum atomic E-state index is 13.2. The van der Waals surface area contributed by atoms with Gasteiger partial charge in [-0.15, -0.1) is 0 Å². The average molecular weight is 295 g/mol. The Balaban J connectivity index is 1.76. The highest BCUT2D eigenvalue weighted by Gasteiger charge is 2.39. The molecule has 1 fully saturated rings. The van der Waals surface area contributed by atoms with Gasteiger partial charge >= 0.3 is 5.97 Å². The summed E-state index contributed by atoms with van der Waals surface area (Å²) in [5, 5.41) is 9.15. The molecule has 1 aromatic rings. The number of carboxylic acid groups (broad SMARTS) is 1. The SMILES string of the molecule is O=C(O)[C@@H]1COCCN1C(=O)[C@@H]1Cc2cc(F)ccc2O1. The Morgan fingerprint density at radius 2 is 2.19 bits per heavy atom. The van der Waals surface area contributed by atoms with Crippen LogP contribution in [0.5, 0.6) is 5.75 Å². The van der Waals surface area contributed by atoms with Crippen molar-refractivity contribution in [2.24, 2.45) is 0 Å². The van der Waals surface area contributed by atoms with Crippen LogP contribution in [-0.2, 0) is 20.7 Å². The van der Waals surface area contributed by atoms with Gasteiger partial charge in [0.25, 0.3) is 5.91 Å². The molecule has 7 heteroatoms. The number of nitrogens with zero attached hydrogens (tertiary/aromatic N) is 1. The minimum Gasteiger partial charge on any atom is -0.480 e. The fourth-order valence-corrected chi connectivity index (χ4v) is 2.61. The Morgan fingerprint density at radius 1 is 1.38 bits per heavy atom. The van der Waals surface area contributed by atoms with Crippen molar-refractivity contribution in [1.82, 2.24) is 4.90 Å². The molecule has 21 heavy (non-hydrogen) atoms. The lowest BCUT2D eigenvalue weighted by molar-refractivity contribution is -0.161. The van der Waals surface area contributed by atoms with Gasteiger partial charge in [0.1, 0.15) is 11.6 Å². The van der Waals surface area contributed by atoms with E-state index in [4.69, 9.17) is 14.6 Å². The normalized spacial score (nSPS) is 24.3. The first-order valence-corrected chi connectivity index (χ1v) is 6.62. The van der Waals surface area contributed by atoms with Gasteiger partial charge in [-0.05, 0) is 18.2 Å². The number of hydrogen-bond acceptors (Lipinski definition) is 4. The van der Waals surface area contributed by atoms with E-state index in [1.165, 1.54) is 23.1 Å². The summed E-state index contributed by atoms with van der Waals surface area (Å²) in [6.45, 7) is 0.472. The van der Waals surface area contributed by atoms with Crippen LogP contribution >= 0.6 is 0 Å². The summed E-state index contributed by atoms with van der Waals surface area (Å²) in [6, 6.07) is 3.07. The fourth-order valence-electron chi connectivity index (χ4n) is 2.61. The van der Waals surface area contributed by atoms with Crippen LogP contribution in [0.2, 0.25) is 0 Å². The molecule has 0 radical (unpaired) electrons. The second-order valence-electron chi connectivity index (χ2n) is 5.02. The number of hydrogen-bond donors (Lipinski definition) is 1. The minimum absolute atomic E-state index is 0.0324. The predicted octanol–water partition coefficient (Wildman–Crippen LogP) is 0.441. The minimum atomic E-state index is -1.11. The van der Waals surface area contributed by atoms with Crippen LogP contribution < -0.4 is 4.74 Å². The molecule has 2 aliphatic rings. The average Bonchev–Trinajstić information content (AvgIpc) is 2.89. The highest BCUT2D eigenvalue weighted by Crippen LogP contribution is 2.30. The number of benzene rings is 1. The maximum Gasteiger partial charge on any atom is 0.328 e. The van der Waals surface area contributed by atoms with Crippen molar-refractivity contribution in [1.29, 1.82) is 0 Å². The van der Waals surface area contributed by atoms with Crippen molar-refractivity contribution in [2.45, 2.75) is 18.6 Å². The van der Waals surface area contributed by atoms with E-state index in [9.17, 15) is 14.0 Å². The molecule has 0 spiro atoms. The molecule has 3 rings (SSSR count). The largest absolute Gasteiger partial charge is 0.480 e. The molecule has 1 saturated heterocycles. The zero-order chi connectivity index (χ0) is 15.0. The predicted molar refractivity (Wildman–Crippen MR) is 68.5 cm³/mol. The molecule has 6 nitrogen and oxygen atoms in total. The lowest BCUT2D eigenvalue weighted by Crippen LogP contribution is -2.56. The highest BCUT2D eigenvalue weighted by atomic mass is 19.1. The molecule has 0 bridgehead atoms. The third kappa shape index (κ3) is 2.56. The van der Waals surface area contributed by atoms with Crippen LogP contribution in [0.15, 0.2) is 18.2 Å². The molecule has 0 unspecified atom stereocenters. The van der Waals surface area contributed by atoms with Gasteiger partial charge in [-0.25, -0.2) is 9.18 Å². The maximum absolute atomic E-state index is 13.2. The summed E-state index contributed by atoms with van der Waals surface area (Å²) in [5.41, 5.74) is 0.619. The zero-order valence-electron chi connectivity index (χ0n) is 11.1. The van der Waals surface area contributed by atoms with Crippen molar-refractivity contribution in [3.8, 4) is 5.75 Å². The number of ether oxygens (including phenoxy) is 2. The van der Waals surface area contributed by atoms with Crippen LogP contribution in [0.3, 0.4) is 0 Å². The summed E-state index contributed by atoms with van der Waals surface area (Å²) in [7, 11) is 0. The Bertz CT molecular complexity index is 591. The number of carbonyl (C=O) groups excluding carboxylic acids is 1. The number of aliphatic carboxylic acids is 1. The van der Waals surface area contributed by atoms with Crippen molar-refractivity contribution in [2.75, 3.05) is 19.8 Å². The van der Waals surface area contributed by atoms with Crippen LogP contribution in [-0.4, -0.2) is 53.8 Å². The lowest BCUT2D eigenvalue weighted by atomic mass is 10.1. The Morgan fingerprint density at radius 3 is 2.95 bits per heavy atom. The van der Waals surface area contributed by atoms with E-state index in [-0.39, 0.29) is 25.4 Å². The first kappa shape index (κ1) is 13.8. The smallest absolute Gasteiger partial charge is 0.328 e. The van der Waals surface area contributed by atoms with Gasteiger partial charge in [0.05, 0.1) is 13.2 Å². The zero-order valence-corrected chi connectivity index (χ0v) is 11.1. The Hall–Kier alpha value is -2.15. The van der Waals surface area contributed by atoms with Crippen LogP contribution in [0.25, 0.3) is 0 Å². The van der Waals surface area contributed by atoms with Crippen molar-refractivity contribution < 1.29 is 28.6 Å². The van der Waals surface area contributed by atoms with Crippen LogP contribution in [0.1, 0.15) is 5.56 Å². The van der Waals surface area contributed by atoms with E-state index in [0.29, 0.717) is 17.9 Å². The Labute approximate surface area is 120 Å². The molecule has 2 atom stereocenters. The summed E-state index contributed by atoms with van der Waals surface area (Å²) in [5.74, 6) is -1.43. The third-order valence-electron chi connectivity index (χ3n) is 3.67. The number of rotatable bonds is 2. The number of amides is 1. The summed E-state index contributed by atoms with van der Waals surface area (Å²) >= 11 is 0. The number of morpholine rings is 1. The number of carboxylic acids is 1. The van der Waals surface area contributed by atoms with Crippen LogP contribution in [0, 0.1) is 5.82 Å². The summed E-state index contributed by atoms with van der Waals surface area (Å²) in [6.07, 6.45) is -0.558. The third-order valence-corrected chi connectivity index (χ3v) is 3.67. The summed E-state index contributed by atoms with van der Waals surface area (Å²) in [4.78, 5) is 24.9. The number of fused-ring (bicyclic) bond motifs is 1. The molecule has 2 heterocycles. The first-order chi connectivity index (χ1) is 10.1. The number of carbonyl (C=O) groups is 2. The fraction of sp³-hybridized carbons (Fsp3) is 0.429. The molecule has 1 N–H and O–H groups in total. The standard InChI is InChI=1S/C14H14FNO5/c15-9-1-2-11-8(5-9)6-12(21-11)13(17)16-3-4-20-7-10(16)14(18)19/h1-2,5,10,12H,3-4,6-7H2,(H,18,19)/t10-,12-/m0/s1. The van der Waals surface area contributed by atoms with E-state index >= 15 is 0 Å². The summed E-state index contributed by atoms with van der Waals surface area (Å²) < 4.78 is 23.8. The van der Waals surface area contributed by atoms with E-state index < -0.39 is 24.0 Å². The molecule has 0 aromatic heterocycles. The van der Waals surface area contributed by atoms with Crippen molar-refractivity contribution >= 4 is 11.9 Å². The van der Waals surface area contributed by atoms with Crippen LogP contribution in [0.4, 0.5) is 4.39 Å². The van der Waals surface area contributed by atoms with Gasteiger partial charge < -0.3 is 19.5 Å². The highest BCUT2D eigenvalue weighted by molar-refractivity contribution is 5.87. The molecule has 0 saturated carbocycles. The van der Waals surface area contributed by atoms with Gasteiger partial charge in [0.15, 0.2) is 12.1 Å². The topological polar surface area (TPSA) is 76.1 Å². The second-order valence-corrected chi connectivity index (χ2v) is 5.02. The van der Waals surface area contributed by atoms with Gasteiger partial charge in [-0.1, -0.05) is 0 Å². The Kier molecular flexibility index (Phi) is 3.50. The van der Waals surface area contributed by atoms with Crippen molar-refractivity contribution in [3.05, 3.63) is 29.6 Å². The molecule has 0 aliphatic carbocycles. The van der Waals surface area contributed by atoms with Crippen molar-refractivity contribution in [3.63, 3.8) is 0 Å². The molecule has 2 aliphatic heterocycles. The molecule has 112 valence electrons. The van der Waals surface area contributed by atoms with Gasteiger partial charge in [0, 0.05) is 18.5 Å². The number of halogens is 1. The molecular formula is C14H14FNO5.